The van der Waals surface area contributed by atoms with Crippen LogP contribution < -0.4 is 10.1 Å². The molecule has 0 saturated carbocycles. The van der Waals surface area contributed by atoms with Crippen molar-refractivity contribution in [1.29, 1.82) is 5.26 Å². The summed E-state index contributed by atoms with van der Waals surface area (Å²) in [7, 11) is 1.44. The first-order chi connectivity index (χ1) is 7.77. The third-order valence-electron chi connectivity index (χ3n) is 1.73. The number of amides is 1. The van der Waals surface area contributed by atoms with E-state index in [1.54, 1.807) is 24.3 Å². The molecule has 0 spiro atoms. The summed E-state index contributed by atoms with van der Waals surface area (Å²) in [6.45, 7) is -0.0796. The number of carbonyl (C=O) groups is 1. The average molecular weight is 220 g/mol. The van der Waals surface area contributed by atoms with Crippen LogP contribution in [0.3, 0.4) is 0 Å². The second-order valence-corrected chi connectivity index (χ2v) is 2.92. The predicted octanol–water partition coefficient (Wildman–Crippen LogP) is 1.17. The molecule has 0 aromatic heterocycles. The fourth-order valence-corrected chi connectivity index (χ4v) is 1.12. The third-order valence-corrected chi connectivity index (χ3v) is 1.73. The first kappa shape index (κ1) is 12.0. The Labute approximate surface area is 93.6 Å². The highest BCUT2D eigenvalue weighted by molar-refractivity contribution is 5.93. The van der Waals surface area contributed by atoms with Crippen molar-refractivity contribution < 1.29 is 14.3 Å². The van der Waals surface area contributed by atoms with Crippen LogP contribution in [0, 0.1) is 11.3 Å². The van der Waals surface area contributed by atoms with Crippen LogP contribution in [0.1, 0.15) is 0 Å². The molecule has 0 radical (unpaired) electrons. The molecule has 5 heteroatoms. The van der Waals surface area contributed by atoms with Gasteiger partial charge in [-0.15, -0.1) is 0 Å². The number of methoxy groups -OCH3 is 1. The lowest BCUT2D eigenvalue weighted by molar-refractivity contribution is -0.119. The molecule has 0 unspecified atom stereocenters. The van der Waals surface area contributed by atoms with Crippen LogP contribution in [-0.4, -0.2) is 26.2 Å². The molecule has 1 N–H and O–H groups in total. The Morgan fingerprint density at radius 1 is 1.50 bits per heavy atom. The van der Waals surface area contributed by atoms with E-state index in [1.165, 1.54) is 7.11 Å². The van der Waals surface area contributed by atoms with Crippen LogP contribution in [-0.2, 0) is 9.53 Å². The maximum absolute atomic E-state index is 11.3. The fraction of sp³-hybridized carbons (Fsp3) is 0.273. The second-order valence-electron chi connectivity index (χ2n) is 2.92. The summed E-state index contributed by atoms with van der Waals surface area (Å²) < 4.78 is 9.84. The summed E-state index contributed by atoms with van der Waals surface area (Å²) in [5, 5.41) is 11.0. The second kappa shape index (κ2) is 6.43. The highest BCUT2D eigenvalue weighted by Crippen LogP contribution is 2.23. The Kier molecular flexibility index (Phi) is 4.83. The van der Waals surface area contributed by atoms with Gasteiger partial charge in [0.15, 0.2) is 6.61 Å². The standard InChI is InChI=1S/C11H12N2O3/c1-15-8-11(14)13-9-4-2-3-5-10(9)16-7-6-12/h2-5H,7-8H2,1H3,(H,13,14). The van der Waals surface area contributed by atoms with Crippen molar-refractivity contribution in [3.8, 4) is 11.8 Å². The number of nitrogens with one attached hydrogen (secondary N) is 1. The highest BCUT2D eigenvalue weighted by atomic mass is 16.5. The SMILES string of the molecule is COCC(=O)Nc1ccccc1OCC#N. The van der Waals surface area contributed by atoms with Gasteiger partial charge in [0.2, 0.25) is 5.91 Å². The van der Waals surface area contributed by atoms with Crippen LogP contribution in [0.25, 0.3) is 0 Å². The summed E-state index contributed by atoms with van der Waals surface area (Å²) in [6, 6.07) is 8.77. The third kappa shape index (κ3) is 3.59. The number of benzene rings is 1. The minimum atomic E-state index is -0.268. The molecule has 0 aliphatic carbocycles. The monoisotopic (exact) mass is 220 g/mol. The summed E-state index contributed by atoms with van der Waals surface area (Å²) in [6.07, 6.45) is 0. The minimum Gasteiger partial charge on any atom is -0.477 e. The van der Waals surface area contributed by atoms with Crippen LogP contribution in [0.4, 0.5) is 5.69 Å². The normalized spacial score (nSPS) is 9.25. The van der Waals surface area contributed by atoms with Crippen molar-refractivity contribution in [3.05, 3.63) is 24.3 Å². The van der Waals surface area contributed by atoms with E-state index in [-0.39, 0.29) is 19.1 Å². The summed E-state index contributed by atoms with van der Waals surface area (Å²) in [5.74, 6) is 0.198. The molecule has 1 aromatic carbocycles. The Bertz CT molecular complexity index is 398. The summed E-state index contributed by atoms with van der Waals surface area (Å²) in [5.41, 5.74) is 0.528. The maximum atomic E-state index is 11.3. The fourth-order valence-electron chi connectivity index (χ4n) is 1.12. The van der Waals surface area contributed by atoms with Gasteiger partial charge < -0.3 is 14.8 Å². The van der Waals surface area contributed by atoms with Crippen LogP contribution in [0.15, 0.2) is 24.3 Å². The molecule has 0 aliphatic rings. The predicted molar refractivity (Wildman–Crippen MR) is 58.1 cm³/mol. The smallest absolute Gasteiger partial charge is 0.250 e. The van der Waals surface area contributed by atoms with E-state index >= 15 is 0 Å². The van der Waals surface area contributed by atoms with Gasteiger partial charge in [-0.3, -0.25) is 4.79 Å². The molecule has 5 nitrogen and oxygen atoms in total. The molecule has 0 saturated heterocycles. The molecule has 1 aromatic rings. The first-order valence-electron chi connectivity index (χ1n) is 4.65. The summed E-state index contributed by atoms with van der Waals surface area (Å²) >= 11 is 0. The Morgan fingerprint density at radius 3 is 2.94 bits per heavy atom. The number of rotatable bonds is 5. The largest absolute Gasteiger partial charge is 0.477 e. The van der Waals surface area contributed by atoms with E-state index in [0.29, 0.717) is 11.4 Å². The molecule has 0 atom stereocenters. The molecule has 1 rings (SSSR count). The Morgan fingerprint density at radius 2 is 2.25 bits per heavy atom. The number of hydrogen-bond acceptors (Lipinski definition) is 4. The highest BCUT2D eigenvalue weighted by Gasteiger charge is 2.06. The van der Waals surface area contributed by atoms with Gasteiger partial charge in [0.05, 0.1) is 5.69 Å². The number of nitrogens with zero attached hydrogens (tertiary/aromatic N) is 1. The van der Waals surface area contributed by atoms with Gasteiger partial charge in [0.25, 0.3) is 0 Å². The molecule has 0 heterocycles. The van der Waals surface area contributed by atoms with Crippen molar-refractivity contribution in [3.63, 3.8) is 0 Å². The number of para-hydroxylation sites is 2. The van der Waals surface area contributed by atoms with E-state index in [2.05, 4.69) is 5.32 Å². The van der Waals surface area contributed by atoms with Gasteiger partial charge in [-0.05, 0) is 12.1 Å². The number of carbonyl (C=O) groups excluding carboxylic acids is 1. The van der Waals surface area contributed by atoms with Crippen LogP contribution in [0.5, 0.6) is 5.75 Å². The zero-order valence-corrected chi connectivity index (χ0v) is 8.90. The lowest BCUT2D eigenvalue weighted by Crippen LogP contribution is -2.17. The van der Waals surface area contributed by atoms with Gasteiger partial charge >= 0.3 is 0 Å². The molecule has 0 aliphatic heterocycles. The van der Waals surface area contributed by atoms with E-state index < -0.39 is 0 Å². The van der Waals surface area contributed by atoms with E-state index in [9.17, 15) is 4.79 Å². The number of nitriles is 1. The molecular weight excluding hydrogens is 208 g/mol. The van der Waals surface area contributed by atoms with Crippen LogP contribution in [0.2, 0.25) is 0 Å². The molecular formula is C11H12N2O3. The molecule has 0 fully saturated rings. The zero-order valence-electron chi connectivity index (χ0n) is 8.90. The van der Waals surface area contributed by atoms with Gasteiger partial charge in [0, 0.05) is 7.11 Å². The Balaban J connectivity index is 2.71. The van der Waals surface area contributed by atoms with Crippen molar-refractivity contribution in [2.45, 2.75) is 0 Å². The number of anilines is 1. The maximum Gasteiger partial charge on any atom is 0.250 e. The van der Waals surface area contributed by atoms with Crippen molar-refractivity contribution in [2.24, 2.45) is 0 Å². The van der Waals surface area contributed by atoms with E-state index in [0.717, 1.165) is 0 Å². The van der Waals surface area contributed by atoms with Crippen molar-refractivity contribution in [2.75, 3.05) is 25.6 Å². The van der Waals surface area contributed by atoms with Crippen molar-refractivity contribution >= 4 is 11.6 Å². The topological polar surface area (TPSA) is 71.3 Å². The molecule has 0 bridgehead atoms. The van der Waals surface area contributed by atoms with Gasteiger partial charge in [-0.1, -0.05) is 12.1 Å². The van der Waals surface area contributed by atoms with Gasteiger partial charge in [-0.2, -0.15) is 5.26 Å². The van der Waals surface area contributed by atoms with Gasteiger partial charge in [0.1, 0.15) is 18.4 Å². The number of hydrogen-bond donors (Lipinski definition) is 1. The lowest BCUT2D eigenvalue weighted by Gasteiger charge is -2.09. The average Bonchev–Trinajstić information content (AvgIpc) is 2.28. The molecule has 84 valence electrons. The first-order valence-corrected chi connectivity index (χ1v) is 4.65. The quantitative estimate of drug-likeness (QED) is 0.808. The van der Waals surface area contributed by atoms with E-state index in [1.807, 2.05) is 6.07 Å². The zero-order chi connectivity index (χ0) is 11.8. The van der Waals surface area contributed by atoms with Crippen molar-refractivity contribution in [1.82, 2.24) is 0 Å². The lowest BCUT2D eigenvalue weighted by atomic mass is 10.3. The summed E-state index contributed by atoms with van der Waals surface area (Å²) in [4.78, 5) is 11.3. The molecule has 1 amide bonds. The van der Waals surface area contributed by atoms with Crippen LogP contribution >= 0.6 is 0 Å². The number of ether oxygens (including phenoxy) is 2. The minimum absolute atomic E-state index is 0.0212. The molecule has 16 heavy (non-hydrogen) atoms. The van der Waals surface area contributed by atoms with Gasteiger partial charge in [-0.25, -0.2) is 0 Å². The van der Waals surface area contributed by atoms with E-state index in [4.69, 9.17) is 14.7 Å². The Hall–Kier alpha value is -2.06.